The molecule has 1 fully saturated rings. The largest absolute Gasteiger partial charge is 0.399 e. The van der Waals surface area contributed by atoms with Crippen LogP contribution in [-0.4, -0.2) is 17.4 Å². The topological polar surface area (TPSA) is 46.3 Å². The Hall–Kier alpha value is -1.51. The molecule has 0 spiro atoms. The number of nitrogen functional groups attached to an aromatic ring is 1. The van der Waals surface area contributed by atoms with E-state index >= 15 is 0 Å². The van der Waals surface area contributed by atoms with Crippen molar-refractivity contribution < 1.29 is 4.79 Å². The molecule has 1 atom stereocenters. The van der Waals surface area contributed by atoms with E-state index in [4.69, 9.17) is 5.73 Å². The minimum atomic E-state index is 0.311. The molecule has 0 radical (unpaired) electrons. The van der Waals surface area contributed by atoms with Crippen molar-refractivity contribution in [1.82, 2.24) is 4.90 Å². The second-order valence-electron chi connectivity index (χ2n) is 4.70. The van der Waals surface area contributed by atoms with Gasteiger partial charge in [0.1, 0.15) is 0 Å². The number of hydrogen-bond donors (Lipinski definition) is 1. The van der Waals surface area contributed by atoms with Crippen molar-refractivity contribution in [2.45, 2.75) is 31.7 Å². The first-order valence-corrected chi connectivity index (χ1v) is 5.93. The molecule has 3 rings (SSSR count). The Balaban J connectivity index is 1.94. The Kier molecular flexibility index (Phi) is 2.13. The van der Waals surface area contributed by atoms with Gasteiger partial charge in [0.2, 0.25) is 5.91 Å². The molecule has 1 amide bonds. The lowest BCUT2D eigenvalue weighted by Gasteiger charge is -2.24. The van der Waals surface area contributed by atoms with Gasteiger partial charge in [-0.2, -0.15) is 0 Å². The van der Waals surface area contributed by atoms with E-state index in [-0.39, 0.29) is 0 Å². The van der Waals surface area contributed by atoms with Crippen molar-refractivity contribution in [1.29, 1.82) is 0 Å². The Bertz CT molecular complexity index is 442. The van der Waals surface area contributed by atoms with Crippen LogP contribution in [-0.2, 0) is 11.2 Å². The van der Waals surface area contributed by atoms with Crippen LogP contribution in [0, 0.1) is 0 Å². The highest BCUT2D eigenvalue weighted by Crippen LogP contribution is 2.38. The number of hydrogen-bond acceptors (Lipinski definition) is 2. The fourth-order valence-electron chi connectivity index (χ4n) is 2.94. The molecule has 3 nitrogen and oxygen atoms in total. The van der Waals surface area contributed by atoms with Gasteiger partial charge in [0, 0.05) is 18.7 Å². The van der Waals surface area contributed by atoms with Crippen LogP contribution in [0.4, 0.5) is 5.69 Å². The number of aryl methyl sites for hydroxylation is 1. The van der Waals surface area contributed by atoms with Crippen LogP contribution >= 0.6 is 0 Å². The second kappa shape index (κ2) is 3.51. The summed E-state index contributed by atoms with van der Waals surface area (Å²) in [4.78, 5) is 13.8. The first-order chi connectivity index (χ1) is 7.75. The summed E-state index contributed by atoms with van der Waals surface area (Å²) in [6.45, 7) is 0.924. The molecular formula is C13H16N2O. The Labute approximate surface area is 95.2 Å². The lowest BCUT2D eigenvalue weighted by molar-refractivity contribution is -0.129. The number of carbonyl (C=O) groups is 1. The fourth-order valence-corrected chi connectivity index (χ4v) is 2.94. The maximum atomic E-state index is 11.7. The van der Waals surface area contributed by atoms with Crippen LogP contribution in [0.25, 0.3) is 0 Å². The minimum Gasteiger partial charge on any atom is -0.399 e. The Morgan fingerprint density at radius 3 is 2.94 bits per heavy atom. The molecule has 1 aliphatic carbocycles. The van der Waals surface area contributed by atoms with E-state index in [9.17, 15) is 4.79 Å². The van der Waals surface area contributed by atoms with Crippen LogP contribution in [0.15, 0.2) is 18.2 Å². The number of benzene rings is 1. The minimum absolute atomic E-state index is 0.311. The lowest BCUT2D eigenvalue weighted by atomic mass is 10.1. The molecule has 0 saturated carbocycles. The summed E-state index contributed by atoms with van der Waals surface area (Å²) in [7, 11) is 0. The van der Waals surface area contributed by atoms with E-state index in [1.165, 1.54) is 11.1 Å². The molecule has 1 unspecified atom stereocenters. The predicted octanol–water partition coefficient (Wildman–Crippen LogP) is 1.88. The number of nitrogens with two attached hydrogens (primary N) is 1. The summed E-state index contributed by atoms with van der Waals surface area (Å²) in [5.41, 5.74) is 9.24. The number of fused-ring (bicyclic) bond motifs is 1. The first-order valence-electron chi connectivity index (χ1n) is 5.93. The molecule has 0 bridgehead atoms. The number of rotatable bonds is 1. The van der Waals surface area contributed by atoms with Crippen LogP contribution in [0.5, 0.6) is 0 Å². The predicted molar refractivity (Wildman–Crippen MR) is 62.9 cm³/mol. The van der Waals surface area contributed by atoms with Gasteiger partial charge in [-0.1, -0.05) is 6.07 Å². The highest BCUT2D eigenvalue weighted by atomic mass is 16.2. The third-order valence-electron chi connectivity index (χ3n) is 3.70. The zero-order valence-corrected chi connectivity index (χ0v) is 9.28. The van der Waals surface area contributed by atoms with E-state index < -0.39 is 0 Å². The molecule has 3 heteroatoms. The van der Waals surface area contributed by atoms with Gasteiger partial charge in [0.05, 0.1) is 6.04 Å². The highest BCUT2D eigenvalue weighted by molar-refractivity contribution is 5.78. The van der Waals surface area contributed by atoms with Crippen LogP contribution in [0.1, 0.15) is 36.4 Å². The first kappa shape index (κ1) is 9.70. The average molecular weight is 216 g/mol. The van der Waals surface area contributed by atoms with Gasteiger partial charge in [-0.05, 0) is 42.5 Å². The summed E-state index contributed by atoms with van der Waals surface area (Å²) in [5, 5.41) is 0. The van der Waals surface area contributed by atoms with Gasteiger partial charge >= 0.3 is 0 Å². The number of likely N-dealkylation sites (tertiary alicyclic amines) is 1. The van der Waals surface area contributed by atoms with Gasteiger partial charge in [-0.15, -0.1) is 0 Å². The standard InChI is InChI=1S/C13H16N2O/c14-10-4-5-11-9(8-10)3-6-12(11)15-7-1-2-13(15)16/h4-5,8,12H,1-3,6-7,14H2. The summed E-state index contributed by atoms with van der Waals surface area (Å²) in [6.07, 6.45) is 3.85. The molecule has 2 aliphatic rings. The number of amides is 1. The van der Waals surface area contributed by atoms with Gasteiger partial charge < -0.3 is 10.6 Å². The molecular weight excluding hydrogens is 200 g/mol. The van der Waals surface area contributed by atoms with Gasteiger partial charge in [0.15, 0.2) is 0 Å². The zero-order valence-electron chi connectivity index (χ0n) is 9.28. The van der Waals surface area contributed by atoms with Gasteiger partial charge in [-0.25, -0.2) is 0 Å². The molecule has 1 heterocycles. The summed E-state index contributed by atoms with van der Waals surface area (Å²) >= 11 is 0. The Morgan fingerprint density at radius 2 is 2.19 bits per heavy atom. The summed E-state index contributed by atoms with van der Waals surface area (Å²) in [5.74, 6) is 0.315. The molecule has 0 aromatic heterocycles. The molecule has 1 saturated heterocycles. The highest BCUT2D eigenvalue weighted by Gasteiger charge is 2.33. The smallest absolute Gasteiger partial charge is 0.223 e. The summed E-state index contributed by atoms with van der Waals surface area (Å²) in [6, 6.07) is 6.40. The summed E-state index contributed by atoms with van der Waals surface area (Å²) < 4.78 is 0. The van der Waals surface area contributed by atoms with E-state index in [0.717, 1.165) is 37.9 Å². The zero-order chi connectivity index (χ0) is 11.1. The van der Waals surface area contributed by atoms with Crippen LogP contribution in [0.3, 0.4) is 0 Å². The molecule has 2 N–H and O–H groups in total. The molecule has 84 valence electrons. The normalized spacial score (nSPS) is 23.9. The molecule has 1 aliphatic heterocycles. The van der Waals surface area contributed by atoms with Gasteiger partial charge in [-0.3, -0.25) is 4.79 Å². The fraction of sp³-hybridized carbons (Fsp3) is 0.462. The monoisotopic (exact) mass is 216 g/mol. The average Bonchev–Trinajstić information content (AvgIpc) is 2.83. The van der Waals surface area contributed by atoms with Crippen molar-refractivity contribution in [3.63, 3.8) is 0 Å². The lowest BCUT2D eigenvalue weighted by Crippen LogP contribution is -2.28. The molecule has 1 aromatic rings. The van der Waals surface area contributed by atoms with Crippen molar-refractivity contribution in [2.75, 3.05) is 12.3 Å². The van der Waals surface area contributed by atoms with Gasteiger partial charge in [0.25, 0.3) is 0 Å². The van der Waals surface area contributed by atoms with Crippen molar-refractivity contribution in [2.24, 2.45) is 0 Å². The SMILES string of the molecule is Nc1ccc2c(c1)CCC2N1CCCC1=O. The molecule has 1 aromatic carbocycles. The number of anilines is 1. The number of nitrogens with zero attached hydrogens (tertiary/aromatic N) is 1. The van der Waals surface area contributed by atoms with Crippen molar-refractivity contribution in [3.05, 3.63) is 29.3 Å². The maximum Gasteiger partial charge on any atom is 0.223 e. The Morgan fingerprint density at radius 1 is 1.31 bits per heavy atom. The quantitative estimate of drug-likeness (QED) is 0.728. The molecule has 16 heavy (non-hydrogen) atoms. The van der Waals surface area contributed by atoms with E-state index in [1.54, 1.807) is 0 Å². The van der Waals surface area contributed by atoms with E-state index in [1.807, 2.05) is 11.0 Å². The van der Waals surface area contributed by atoms with Crippen molar-refractivity contribution in [3.8, 4) is 0 Å². The van der Waals surface area contributed by atoms with Crippen molar-refractivity contribution >= 4 is 11.6 Å². The number of carbonyl (C=O) groups excluding carboxylic acids is 1. The van der Waals surface area contributed by atoms with E-state index in [2.05, 4.69) is 12.1 Å². The van der Waals surface area contributed by atoms with Crippen LogP contribution in [0.2, 0.25) is 0 Å². The van der Waals surface area contributed by atoms with E-state index in [0.29, 0.717) is 11.9 Å². The van der Waals surface area contributed by atoms with Crippen LogP contribution < -0.4 is 5.73 Å². The third kappa shape index (κ3) is 1.39. The maximum absolute atomic E-state index is 11.7. The third-order valence-corrected chi connectivity index (χ3v) is 3.70. The second-order valence-corrected chi connectivity index (χ2v) is 4.70.